The van der Waals surface area contributed by atoms with Crippen LogP contribution in [0.2, 0.25) is 5.02 Å². The summed E-state index contributed by atoms with van der Waals surface area (Å²) in [6.07, 6.45) is 1.64. The second kappa shape index (κ2) is 5.31. The van der Waals surface area contributed by atoms with Crippen molar-refractivity contribution < 1.29 is 4.79 Å². The SMILES string of the molecule is O=C1CCCN1Cc1nc(-c2ccc(Cl)cc2)cs1. The lowest BCUT2D eigenvalue weighted by atomic mass is 10.2. The van der Waals surface area contributed by atoms with Crippen LogP contribution in [0.15, 0.2) is 29.6 Å². The number of hydrogen-bond acceptors (Lipinski definition) is 3. The number of likely N-dealkylation sites (tertiary alicyclic amines) is 1. The van der Waals surface area contributed by atoms with Gasteiger partial charge in [-0.3, -0.25) is 4.79 Å². The second-order valence-corrected chi connectivity index (χ2v) is 5.93. The third-order valence-electron chi connectivity index (χ3n) is 3.19. The molecule has 5 heteroatoms. The maximum absolute atomic E-state index is 11.6. The quantitative estimate of drug-likeness (QED) is 0.866. The minimum Gasteiger partial charge on any atom is -0.336 e. The van der Waals surface area contributed by atoms with E-state index in [-0.39, 0.29) is 5.91 Å². The van der Waals surface area contributed by atoms with Crippen LogP contribution in [0.5, 0.6) is 0 Å². The van der Waals surface area contributed by atoms with Crippen molar-refractivity contribution >= 4 is 28.8 Å². The average Bonchev–Trinajstić information content (AvgIpc) is 3.01. The molecule has 0 atom stereocenters. The lowest BCUT2D eigenvalue weighted by molar-refractivity contribution is -0.128. The summed E-state index contributed by atoms with van der Waals surface area (Å²) in [5.74, 6) is 0.239. The van der Waals surface area contributed by atoms with Crippen LogP contribution in [0.1, 0.15) is 17.8 Å². The fourth-order valence-electron chi connectivity index (χ4n) is 2.17. The molecule has 1 aromatic heterocycles. The van der Waals surface area contributed by atoms with E-state index in [4.69, 9.17) is 11.6 Å². The number of rotatable bonds is 3. The maximum Gasteiger partial charge on any atom is 0.223 e. The first-order valence-electron chi connectivity index (χ1n) is 6.20. The summed E-state index contributed by atoms with van der Waals surface area (Å²) in [5, 5.41) is 3.74. The predicted octanol–water partition coefficient (Wildman–Crippen LogP) is 3.59. The van der Waals surface area contributed by atoms with Gasteiger partial charge < -0.3 is 4.90 Å². The molecule has 2 heterocycles. The van der Waals surface area contributed by atoms with Gasteiger partial charge in [-0.2, -0.15) is 0 Å². The van der Waals surface area contributed by atoms with Crippen molar-refractivity contribution in [2.45, 2.75) is 19.4 Å². The van der Waals surface area contributed by atoms with Gasteiger partial charge in [0.05, 0.1) is 12.2 Å². The highest BCUT2D eigenvalue weighted by Gasteiger charge is 2.21. The predicted molar refractivity (Wildman–Crippen MR) is 77.2 cm³/mol. The molecule has 0 spiro atoms. The molecule has 0 aliphatic carbocycles. The number of thiazole rings is 1. The highest BCUT2D eigenvalue weighted by atomic mass is 35.5. The Balaban J connectivity index is 1.75. The van der Waals surface area contributed by atoms with E-state index in [9.17, 15) is 4.79 Å². The number of hydrogen-bond donors (Lipinski definition) is 0. The van der Waals surface area contributed by atoms with Gasteiger partial charge in [-0.25, -0.2) is 4.98 Å². The molecule has 1 amide bonds. The average molecular weight is 293 g/mol. The van der Waals surface area contributed by atoms with E-state index in [1.165, 1.54) is 0 Å². The van der Waals surface area contributed by atoms with E-state index in [0.29, 0.717) is 13.0 Å². The number of carbonyl (C=O) groups excluding carboxylic acids is 1. The largest absolute Gasteiger partial charge is 0.336 e. The van der Waals surface area contributed by atoms with Crippen molar-refractivity contribution in [3.05, 3.63) is 39.7 Å². The fraction of sp³-hybridized carbons (Fsp3) is 0.286. The standard InChI is InChI=1S/C14H13ClN2OS/c15-11-5-3-10(4-6-11)12-9-19-13(16-12)8-17-7-1-2-14(17)18/h3-6,9H,1-2,7-8H2. The van der Waals surface area contributed by atoms with E-state index in [1.807, 2.05) is 34.5 Å². The summed E-state index contributed by atoms with van der Waals surface area (Å²) in [4.78, 5) is 18.1. The van der Waals surface area contributed by atoms with Crippen LogP contribution in [0.25, 0.3) is 11.3 Å². The Bertz CT molecular complexity index is 594. The van der Waals surface area contributed by atoms with Gasteiger partial charge in [0.25, 0.3) is 0 Å². The third-order valence-corrected chi connectivity index (χ3v) is 4.27. The summed E-state index contributed by atoms with van der Waals surface area (Å²) in [6, 6.07) is 7.64. The lowest BCUT2D eigenvalue weighted by Crippen LogP contribution is -2.23. The molecule has 0 saturated carbocycles. The topological polar surface area (TPSA) is 33.2 Å². The second-order valence-electron chi connectivity index (χ2n) is 4.55. The van der Waals surface area contributed by atoms with Crippen LogP contribution in [0.4, 0.5) is 0 Å². The number of carbonyl (C=O) groups is 1. The first-order chi connectivity index (χ1) is 9.22. The van der Waals surface area contributed by atoms with Gasteiger partial charge >= 0.3 is 0 Å². The first kappa shape index (κ1) is 12.6. The molecule has 1 aromatic carbocycles. The first-order valence-corrected chi connectivity index (χ1v) is 7.46. The highest BCUT2D eigenvalue weighted by molar-refractivity contribution is 7.09. The molecule has 98 valence electrons. The van der Waals surface area contributed by atoms with Crippen LogP contribution in [0, 0.1) is 0 Å². The molecule has 1 fully saturated rings. The molecule has 0 bridgehead atoms. The third kappa shape index (κ3) is 2.80. The highest BCUT2D eigenvalue weighted by Crippen LogP contribution is 2.25. The molecule has 1 saturated heterocycles. The van der Waals surface area contributed by atoms with Crippen molar-refractivity contribution in [2.75, 3.05) is 6.54 Å². The molecule has 1 aliphatic rings. The van der Waals surface area contributed by atoms with Crippen LogP contribution in [-0.4, -0.2) is 22.3 Å². The molecule has 0 N–H and O–H groups in total. The molecule has 0 radical (unpaired) electrons. The Hall–Kier alpha value is -1.39. The van der Waals surface area contributed by atoms with Crippen molar-refractivity contribution in [2.24, 2.45) is 0 Å². The van der Waals surface area contributed by atoms with Crippen molar-refractivity contribution in [1.29, 1.82) is 0 Å². The number of benzene rings is 1. The maximum atomic E-state index is 11.6. The van der Waals surface area contributed by atoms with E-state index in [0.717, 1.165) is 34.3 Å². The summed E-state index contributed by atoms with van der Waals surface area (Å²) < 4.78 is 0. The minimum atomic E-state index is 0.239. The summed E-state index contributed by atoms with van der Waals surface area (Å²) in [7, 11) is 0. The van der Waals surface area contributed by atoms with Gasteiger partial charge in [-0.15, -0.1) is 11.3 Å². The molecular weight excluding hydrogens is 280 g/mol. The van der Waals surface area contributed by atoms with Gasteiger partial charge in [0.15, 0.2) is 0 Å². The number of nitrogens with zero attached hydrogens (tertiary/aromatic N) is 2. The lowest BCUT2D eigenvalue weighted by Gasteiger charge is -2.12. The molecule has 19 heavy (non-hydrogen) atoms. The Morgan fingerprint density at radius 3 is 2.79 bits per heavy atom. The van der Waals surface area contributed by atoms with Crippen LogP contribution < -0.4 is 0 Å². The van der Waals surface area contributed by atoms with Gasteiger partial charge in [0, 0.05) is 28.9 Å². The van der Waals surface area contributed by atoms with E-state index >= 15 is 0 Å². The summed E-state index contributed by atoms with van der Waals surface area (Å²) in [5.41, 5.74) is 2.00. The van der Waals surface area contributed by atoms with Gasteiger partial charge in [0.2, 0.25) is 5.91 Å². The number of aromatic nitrogens is 1. The Labute approximate surface area is 120 Å². The van der Waals surface area contributed by atoms with Crippen LogP contribution in [-0.2, 0) is 11.3 Å². The van der Waals surface area contributed by atoms with Crippen molar-refractivity contribution in [3.63, 3.8) is 0 Å². The normalized spacial score (nSPS) is 15.2. The van der Waals surface area contributed by atoms with Gasteiger partial charge in [0.1, 0.15) is 5.01 Å². The zero-order chi connectivity index (χ0) is 13.2. The molecule has 2 aromatic rings. The zero-order valence-electron chi connectivity index (χ0n) is 10.3. The van der Waals surface area contributed by atoms with E-state index in [2.05, 4.69) is 4.98 Å². The molecule has 3 nitrogen and oxygen atoms in total. The monoisotopic (exact) mass is 292 g/mol. The van der Waals surface area contributed by atoms with Crippen molar-refractivity contribution in [3.8, 4) is 11.3 Å². The van der Waals surface area contributed by atoms with Crippen LogP contribution in [0.3, 0.4) is 0 Å². The summed E-state index contributed by atoms with van der Waals surface area (Å²) in [6.45, 7) is 1.49. The zero-order valence-corrected chi connectivity index (χ0v) is 11.9. The Kier molecular flexibility index (Phi) is 3.53. The minimum absolute atomic E-state index is 0.239. The Morgan fingerprint density at radius 2 is 2.11 bits per heavy atom. The van der Waals surface area contributed by atoms with Crippen molar-refractivity contribution in [1.82, 2.24) is 9.88 Å². The van der Waals surface area contributed by atoms with E-state index in [1.54, 1.807) is 11.3 Å². The van der Waals surface area contributed by atoms with Crippen LogP contribution >= 0.6 is 22.9 Å². The van der Waals surface area contributed by atoms with E-state index < -0.39 is 0 Å². The smallest absolute Gasteiger partial charge is 0.223 e. The number of halogens is 1. The Morgan fingerprint density at radius 1 is 1.32 bits per heavy atom. The summed E-state index contributed by atoms with van der Waals surface area (Å²) >= 11 is 7.47. The van der Waals surface area contributed by atoms with Gasteiger partial charge in [-0.05, 0) is 18.6 Å². The molecule has 0 unspecified atom stereocenters. The van der Waals surface area contributed by atoms with Gasteiger partial charge in [-0.1, -0.05) is 23.7 Å². The molecule has 1 aliphatic heterocycles. The fourth-order valence-corrected chi connectivity index (χ4v) is 3.12. The molecular formula is C14H13ClN2OS. The number of amides is 1. The molecule has 3 rings (SSSR count).